The fourth-order valence-electron chi connectivity index (χ4n) is 1.43. The molecule has 0 fully saturated rings. The molecule has 0 aliphatic rings. The van der Waals surface area contributed by atoms with Crippen molar-refractivity contribution in [2.45, 2.75) is 0 Å². The number of aliphatic carboxylic acids is 2. The van der Waals surface area contributed by atoms with Crippen molar-refractivity contribution in [3.8, 4) is 5.75 Å². The zero-order chi connectivity index (χ0) is 16.8. The lowest BCUT2D eigenvalue weighted by Gasteiger charge is -2.18. The van der Waals surface area contributed by atoms with Crippen LogP contribution in [0.5, 0.6) is 5.75 Å². The van der Waals surface area contributed by atoms with Crippen LogP contribution in [0.1, 0.15) is 0 Å². The average Bonchev–Trinajstić information content (AvgIpc) is 2.49. The molecular formula is C16H21NO5. The lowest BCUT2D eigenvalue weighted by molar-refractivity contribution is -0.159. The molecule has 0 aliphatic heterocycles. The molecule has 0 spiro atoms. The highest BCUT2D eigenvalue weighted by Gasteiger charge is 2.04. The number of hydrogen-bond acceptors (Lipinski definition) is 4. The predicted octanol–water partition coefficient (Wildman–Crippen LogP) is 1.89. The molecule has 1 aromatic carbocycles. The number of hydrogen-bond donors (Lipinski definition) is 2. The van der Waals surface area contributed by atoms with Gasteiger partial charge in [-0.1, -0.05) is 30.4 Å². The minimum atomic E-state index is -1.82. The number of carboxylic acids is 2. The highest BCUT2D eigenvalue weighted by atomic mass is 16.5. The topological polar surface area (TPSA) is 87.1 Å². The first kappa shape index (κ1) is 19.4. The first-order chi connectivity index (χ1) is 10.5. The maximum absolute atomic E-state index is 9.10. The summed E-state index contributed by atoms with van der Waals surface area (Å²) in [6.07, 6.45) is 3.79. The Morgan fingerprint density at radius 1 is 1.05 bits per heavy atom. The second kappa shape index (κ2) is 12.2. The number of carboxylic acid groups (broad SMARTS) is 2. The van der Waals surface area contributed by atoms with E-state index in [0.29, 0.717) is 6.61 Å². The molecule has 22 heavy (non-hydrogen) atoms. The Hall–Kier alpha value is -2.60. The number of ether oxygens (including phenoxy) is 1. The summed E-state index contributed by atoms with van der Waals surface area (Å²) in [6.45, 7) is 10.8. The van der Waals surface area contributed by atoms with Gasteiger partial charge in [-0.15, -0.1) is 13.2 Å². The third kappa shape index (κ3) is 10.2. The van der Waals surface area contributed by atoms with E-state index in [1.165, 1.54) is 0 Å². The molecule has 2 N–H and O–H groups in total. The molecule has 1 aromatic rings. The average molecular weight is 307 g/mol. The standard InChI is InChI=1S/C14H19NO.C2H2O4/c1-3-10-15(11-4-2)12-13-16-14-8-6-5-7-9-14;3-1(4)2(5)6/h3-9H,1-2,10-13H2;(H,3,4)(H,5,6). The third-order valence-electron chi connectivity index (χ3n) is 2.38. The maximum Gasteiger partial charge on any atom is 0.414 e. The van der Waals surface area contributed by atoms with Crippen molar-refractivity contribution in [1.82, 2.24) is 4.90 Å². The first-order valence-corrected chi connectivity index (χ1v) is 6.59. The molecule has 6 heteroatoms. The van der Waals surface area contributed by atoms with Gasteiger partial charge in [0.25, 0.3) is 0 Å². The summed E-state index contributed by atoms with van der Waals surface area (Å²) in [5.41, 5.74) is 0. The zero-order valence-electron chi connectivity index (χ0n) is 12.4. The summed E-state index contributed by atoms with van der Waals surface area (Å²) in [5.74, 6) is -2.73. The van der Waals surface area contributed by atoms with Crippen LogP contribution in [-0.2, 0) is 9.59 Å². The zero-order valence-corrected chi connectivity index (χ0v) is 12.4. The van der Waals surface area contributed by atoms with E-state index >= 15 is 0 Å². The van der Waals surface area contributed by atoms with E-state index in [9.17, 15) is 0 Å². The Morgan fingerprint density at radius 3 is 1.95 bits per heavy atom. The molecule has 6 nitrogen and oxygen atoms in total. The van der Waals surface area contributed by atoms with Crippen LogP contribution in [-0.4, -0.2) is 53.3 Å². The molecule has 0 aromatic heterocycles. The van der Waals surface area contributed by atoms with E-state index in [0.717, 1.165) is 25.4 Å². The lowest BCUT2D eigenvalue weighted by Crippen LogP contribution is -2.28. The van der Waals surface area contributed by atoms with Gasteiger partial charge in [0.15, 0.2) is 0 Å². The largest absolute Gasteiger partial charge is 0.492 e. The van der Waals surface area contributed by atoms with E-state index < -0.39 is 11.9 Å². The fraction of sp³-hybridized carbons (Fsp3) is 0.250. The van der Waals surface area contributed by atoms with Crippen LogP contribution in [0.3, 0.4) is 0 Å². The van der Waals surface area contributed by atoms with Crippen molar-refractivity contribution in [3.05, 3.63) is 55.6 Å². The number of benzene rings is 1. The molecule has 120 valence electrons. The van der Waals surface area contributed by atoms with Gasteiger partial charge in [-0.05, 0) is 12.1 Å². The van der Waals surface area contributed by atoms with Crippen LogP contribution in [0.4, 0.5) is 0 Å². The SMILES string of the molecule is C=CCN(CC=C)CCOc1ccccc1.O=C(O)C(=O)O. The summed E-state index contributed by atoms with van der Waals surface area (Å²) in [6, 6.07) is 9.85. The highest BCUT2D eigenvalue weighted by molar-refractivity contribution is 6.27. The minimum absolute atomic E-state index is 0.686. The molecule has 0 heterocycles. The van der Waals surface area contributed by atoms with Crippen molar-refractivity contribution in [3.63, 3.8) is 0 Å². The molecule has 0 radical (unpaired) electrons. The molecule has 0 unspecified atom stereocenters. The molecular weight excluding hydrogens is 286 g/mol. The summed E-state index contributed by atoms with van der Waals surface area (Å²) in [5, 5.41) is 14.8. The monoisotopic (exact) mass is 307 g/mol. The van der Waals surface area contributed by atoms with Crippen LogP contribution in [0.15, 0.2) is 55.6 Å². The Bertz CT molecular complexity index is 451. The second-order valence-corrected chi connectivity index (χ2v) is 4.11. The molecule has 0 amide bonds. The molecule has 0 saturated carbocycles. The Labute approximate surface area is 129 Å². The summed E-state index contributed by atoms with van der Waals surface area (Å²) in [4.78, 5) is 20.4. The normalized spacial score (nSPS) is 9.32. The molecule has 0 atom stereocenters. The molecule has 0 saturated heterocycles. The van der Waals surface area contributed by atoms with Gasteiger partial charge in [-0.2, -0.15) is 0 Å². The molecule has 0 aliphatic carbocycles. The van der Waals surface area contributed by atoms with Crippen LogP contribution in [0.25, 0.3) is 0 Å². The van der Waals surface area contributed by atoms with Gasteiger partial charge < -0.3 is 14.9 Å². The maximum atomic E-state index is 9.10. The van der Waals surface area contributed by atoms with Gasteiger partial charge in [-0.25, -0.2) is 9.59 Å². The summed E-state index contributed by atoms with van der Waals surface area (Å²) >= 11 is 0. The van der Waals surface area contributed by atoms with Crippen molar-refractivity contribution in [1.29, 1.82) is 0 Å². The lowest BCUT2D eigenvalue weighted by atomic mass is 10.3. The van der Waals surface area contributed by atoms with Gasteiger partial charge in [0.05, 0.1) is 0 Å². The number of carbonyl (C=O) groups is 2. The smallest absolute Gasteiger partial charge is 0.414 e. The van der Waals surface area contributed by atoms with Crippen molar-refractivity contribution in [2.24, 2.45) is 0 Å². The Balaban J connectivity index is 0.000000626. The number of rotatable bonds is 8. The second-order valence-electron chi connectivity index (χ2n) is 4.11. The van der Waals surface area contributed by atoms with Crippen LogP contribution in [0.2, 0.25) is 0 Å². The van der Waals surface area contributed by atoms with E-state index in [1.807, 2.05) is 42.5 Å². The highest BCUT2D eigenvalue weighted by Crippen LogP contribution is 2.07. The molecule has 0 bridgehead atoms. The van der Waals surface area contributed by atoms with E-state index in [1.54, 1.807) is 0 Å². The minimum Gasteiger partial charge on any atom is -0.492 e. The number of nitrogens with zero attached hydrogens (tertiary/aromatic N) is 1. The quantitative estimate of drug-likeness (QED) is 0.563. The third-order valence-corrected chi connectivity index (χ3v) is 2.38. The van der Waals surface area contributed by atoms with Gasteiger partial charge in [0.1, 0.15) is 12.4 Å². The number of para-hydroxylation sites is 1. The Kier molecular flexibility index (Phi) is 10.7. The van der Waals surface area contributed by atoms with Crippen molar-refractivity contribution >= 4 is 11.9 Å². The van der Waals surface area contributed by atoms with Crippen LogP contribution >= 0.6 is 0 Å². The summed E-state index contributed by atoms with van der Waals surface area (Å²) in [7, 11) is 0. The van der Waals surface area contributed by atoms with E-state index in [2.05, 4.69) is 18.1 Å². The van der Waals surface area contributed by atoms with Gasteiger partial charge in [0, 0.05) is 19.6 Å². The van der Waals surface area contributed by atoms with Gasteiger partial charge >= 0.3 is 11.9 Å². The molecule has 1 rings (SSSR count). The van der Waals surface area contributed by atoms with E-state index in [-0.39, 0.29) is 0 Å². The Morgan fingerprint density at radius 2 is 1.55 bits per heavy atom. The first-order valence-electron chi connectivity index (χ1n) is 6.59. The predicted molar refractivity (Wildman–Crippen MR) is 84.0 cm³/mol. The summed E-state index contributed by atoms with van der Waals surface area (Å²) < 4.78 is 5.62. The van der Waals surface area contributed by atoms with Crippen molar-refractivity contribution in [2.75, 3.05) is 26.2 Å². The van der Waals surface area contributed by atoms with Gasteiger partial charge in [0.2, 0.25) is 0 Å². The van der Waals surface area contributed by atoms with E-state index in [4.69, 9.17) is 24.5 Å². The van der Waals surface area contributed by atoms with Gasteiger partial charge in [-0.3, -0.25) is 4.90 Å². The van der Waals surface area contributed by atoms with Crippen LogP contribution < -0.4 is 4.74 Å². The van der Waals surface area contributed by atoms with Crippen molar-refractivity contribution < 1.29 is 24.5 Å². The van der Waals surface area contributed by atoms with Crippen LogP contribution in [0, 0.1) is 0 Å². The fourth-order valence-corrected chi connectivity index (χ4v) is 1.43.